The predicted molar refractivity (Wildman–Crippen MR) is 62.0 cm³/mol. The van der Waals surface area contributed by atoms with Gasteiger partial charge in [0.05, 0.1) is 0 Å². The normalized spacial score (nSPS) is 10.2. The number of halogens is 1. The molecule has 0 amide bonds. The van der Waals surface area contributed by atoms with E-state index in [4.69, 9.17) is 16.3 Å². The van der Waals surface area contributed by atoms with E-state index in [1.807, 2.05) is 24.3 Å². The predicted octanol–water partition coefficient (Wildman–Crippen LogP) is 3.03. The third kappa shape index (κ3) is 4.47. The molecular formula is C12H11ClO2. The van der Waals surface area contributed by atoms with Crippen molar-refractivity contribution in [1.82, 2.24) is 0 Å². The Morgan fingerprint density at radius 2 is 2.07 bits per heavy atom. The third-order valence-electron chi connectivity index (χ3n) is 1.65. The van der Waals surface area contributed by atoms with Crippen LogP contribution in [-0.4, -0.2) is 11.8 Å². The van der Waals surface area contributed by atoms with Gasteiger partial charge < -0.3 is 4.74 Å². The first kappa shape index (κ1) is 11.5. The van der Waals surface area contributed by atoms with E-state index in [1.54, 1.807) is 12.2 Å². The zero-order chi connectivity index (χ0) is 11.1. The van der Waals surface area contributed by atoms with Crippen LogP contribution in [0, 0.1) is 0 Å². The van der Waals surface area contributed by atoms with E-state index >= 15 is 0 Å². The molecule has 1 aromatic rings. The van der Waals surface area contributed by atoms with Crippen LogP contribution in [0.4, 0.5) is 0 Å². The first-order valence-corrected chi connectivity index (χ1v) is 4.81. The third-order valence-corrected chi connectivity index (χ3v) is 1.78. The summed E-state index contributed by atoms with van der Waals surface area (Å²) in [5, 5.41) is -0.484. The van der Waals surface area contributed by atoms with Gasteiger partial charge in [0, 0.05) is 0 Å². The maximum atomic E-state index is 10.5. The lowest BCUT2D eigenvalue weighted by molar-refractivity contribution is -0.107. The molecule has 15 heavy (non-hydrogen) atoms. The van der Waals surface area contributed by atoms with Gasteiger partial charge in [-0.3, -0.25) is 4.79 Å². The minimum atomic E-state index is -0.484. The average Bonchev–Trinajstić information content (AvgIpc) is 2.25. The van der Waals surface area contributed by atoms with Gasteiger partial charge in [0.2, 0.25) is 5.24 Å². The van der Waals surface area contributed by atoms with Gasteiger partial charge in [-0.25, -0.2) is 0 Å². The van der Waals surface area contributed by atoms with Crippen LogP contribution in [0.25, 0.3) is 6.08 Å². The topological polar surface area (TPSA) is 26.3 Å². The van der Waals surface area contributed by atoms with E-state index in [9.17, 15) is 4.79 Å². The number of ether oxygens (including phenoxy) is 1. The molecule has 0 aliphatic rings. The van der Waals surface area contributed by atoms with Gasteiger partial charge in [-0.1, -0.05) is 30.9 Å². The molecule has 0 aromatic heterocycles. The molecule has 0 radical (unpaired) electrons. The van der Waals surface area contributed by atoms with Crippen molar-refractivity contribution in [2.24, 2.45) is 0 Å². The highest BCUT2D eigenvalue weighted by atomic mass is 35.5. The molecule has 0 aliphatic carbocycles. The summed E-state index contributed by atoms with van der Waals surface area (Å²) in [6.45, 7) is 4.04. The van der Waals surface area contributed by atoms with Crippen LogP contribution in [-0.2, 0) is 4.79 Å². The molecule has 1 aromatic carbocycles. The molecule has 0 atom stereocenters. The monoisotopic (exact) mass is 222 g/mol. The van der Waals surface area contributed by atoms with Gasteiger partial charge in [0.25, 0.3) is 0 Å². The van der Waals surface area contributed by atoms with Crippen molar-refractivity contribution in [3.63, 3.8) is 0 Å². The van der Waals surface area contributed by atoms with Crippen LogP contribution in [0.3, 0.4) is 0 Å². The fourth-order valence-electron chi connectivity index (χ4n) is 0.992. The van der Waals surface area contributed by atoms with Crippen molar-refractivity contribution < 1.29 is 9.53 Å². The standard InChI is InChI=1S/C12H11ClO2/c1-2-9-15-11-6-3-10(4-7-11)5-8-12(13)14/h2-8H,1,9H2/b8-5+. The maximum absolute atomic E-state index is 10.5. The number of benzene rings is 1. The van der Waals surface area contributed by atoms with Crippen molar-refractivity contribution in [2.45, 2.75) is 0 Å². The average molecular weight is 223 g/mol. The van der Waals surface area contributed by atoms with Crippen LogP contribution in [0.1, 0.15) is 5.56 Å². The zero-order valence-electron chi connectivity index (χ0n) is 8.15. The summed E-state index contributed by atoms with van der Waals surface area (Å²) in [6, 6.07) is 7.33. The quantitative estimate of drug-likeness (QED) is 0.435. The number of hydrogen-bond acceptors (Lipinski definition) is 2. The van der Waals surface area contributed by atoms with Gasteiger partial charge in [-0.2, -0.15) is 0 Å². The molecule has 0 saturated heterocycles. The van der Waals surface area contributed by atoms with E-state index in [-0.39, 0.29) is 0 Å². The Labute approximate surface area is 93.8 Å². The second-order valence-corrected chi connectivity index (χ2v) is 3.18. The minimum Gasteiger partial charge on any atom is -0.490 e. The zero-order valence-corrected chi connectivity index (χ0v) is 8.91. The molecule has 1 rings (SSSR count). The fraction of sp³-hybridized carbons (Fsp3) is 0.0833. The lowest BCUT2D eigenvalue weighted by Gasteiger charge is -2.02. The minimum absolute atomic E-state index is 0.481. The van der Waals surface area contributed by atoms with Crippen LogP contribution >= 0.6 is 11.6 Å². The Hall–Kier alpha value is -1.54. The van der Waals surface area contributed by atoms with Crippen LogP contribution in [0.5, 0.6) is 5.75 Å². The van der Waals surface area contributed by atoms with E-state index in [2.05, 4.69) is 6.58 Å². The Bertz CT molecular complexity index is 366. The molecule has 0 unspecified atom stereocenters. The summed E-state index contributed by atoms with van der Waals surface area (Å²) in [5.41, 5.74) is 0.898. The molecule has 0 spiro atoms. The van der Waals surface area contributed by atoms with Crippen molar-refractivity contribution in [1.29, 1.82) is 0 Å². The Morgan fingerprint density at radius 3 is 2.60 bits per heavy atom. The molecule has 0 fully saturated rings. The largest absolute Gasteiger partial charge is 0.490 e. The lowest BCUT2D eigenvalue weighted by atomic mass is 10.2. The number of allylic oxidation sites excluding steroid dienone is 1. The van der Waals surface area contributed by atoms with Crippen LogP contribution < -0.4 is 4.74 Å². The summed E-state index contributed by atoms with van der Waals surface area (Å²) in [7, 11) is 0. The van der Waals surface area contributed by atoms with Crippen molar-refractivity contribution >= 4 is 22.9 Å². The highest BCUT2D eigenvalue weighted by molar-refractivity contribution is 6.66. The first-order chi connectivity index (χ1) is 7.22. The number of rotatable bonds is 5. The second-order valence-electron chi connectivity index (χ2n) is 2.81. The Morgan fingerprint density at radius 1 is 1.40 bits per heavy atom. The van der Waals surface area contributed by atoms with E-state index in [1.165, 1.54) is 6.08 Å². The van der Waals surface area contributed by atoms with Crippen LogP contribution in [0.15, 0.2) is 43.0 Å². The SMILES string of the molecule is C=CCOc1ccc(/C=C/C(=O)Cl)cc1. The van der Waals surface area contributed by atoms with Gasteiger partial charge in [0.1, 0.15) is 12.4 Å². The summed E-state index contributed by atoms with van der Waals surface area (Å²) in [5.74, 6) is 0.768. The fourth-order valence-corrected chi connectivity index (χ4v) is 1.06. The second kappa shape index (κ2) is 6.04. The molecule has 0 saturated carbocycles. The van der Waals surface area contributed by atoms with Crippen LogP contribution in [0.2, 0.25) is 0 Å². The molecule has 78 valence electrons. The van der Waals surface area contributed by atoms with Gasteiger partial charge in [-0.15, -0.1) is 0 Å². The molecule has 0 aliphatic heterocycles. The molecular weight excluding hydrogens is 212 g/mol. The molecule has 0 heterocycles. The smallest absolute Gasteiger partial charge is 0.245 e. The van der Waals surface area contributed by atoms with Crippen molar-refractivity contribution in [3.05, 3.63) is 48.6 Å². The summed E-state index contributed by atoms with van der Waals surface area (Å²) in [6.07, 6.45) is 4.63. The highest BCUT2D eigenvalue weighted by Crippen LogP contribution is 2.13. The Kier molecular flexibility index (Phi) is 4.64. The summed E-state index contributed by atoms with van der Waals surface area (Å²) >= 11 is 5.17. The van der Waals surface area contributed by atoms with E-state index in [0.717, 1.165) is 11.3 Å². The Balaban J connectivity index is 2.63. The maximum Gasteiger partial charge on any atom is 0.245 e. The van der Waals surface area contributed by atoms with Gasteiger partial charge >= 0.3 is 0 Å². The number of carbonyl (C=O) groups excluding carboxylic acids is 1. The number of carbonyl (C=O) groups is 1. The van der Waals surface area contributed by atoms with Gasteiger partial charge in [0.15, 0.2) is 0 Å². The molecule has 0 bridgehead atoms. The van der Waals surface area contributed by atoms with E-state index < -0.39 is 5.24 Å². The molecule has 0 N–H and O–H groups in total. The molecule has 3 heteroatoms. The van der Waals surface area contributed by atoms with Crippen molar-refractivity contribution in [3.8, 4) is 5.75 Å². The summed E-state index contributed by atoms with van der Waals surface area (Å²) < 4.78 is 5.30. The van der Waals surface area contributed by atoms with Gasteiger partial charge in [-0.05, 0) is 35.4 Å². The number of hydrogen-bond donors (Lipinski definition) is 0. The first-order valence-electron chi connectivity index (χ1n) is 4.43. The lowest BCUT2D eigenvalue weighted by Crippen LogP contribution is -1.91. The summed E-state index contributed by atoms with van der Waals surface area (Å²) in [4.78, 5) is 10.5. The van der Waals surface area contributed by atoms with Crippen molar-refractivity contribution in [2.75, 3.05) is 6.61 Å². The molecule has 2 nitrogen and oxygen atoms in total. The van der Waals surface area contributed by atoms with E-state index in [0.29, 0.717) is 6.61 Å². The highest BCUT2D eigenvalue weighted by Gasteiger charge is 1.92.